The van der Waals surface area contributed by atoms with Gasteiger partial charge < -0.3 is 9.84 Å². The van der Waals surface area contributed by atoms with Crippen LogP contribution >= 0.6 is 0 Å². The summed E-state index contributed by atoms with van der Waals surface area (Å²) >= 11 is 0. The number of ether oxygens (including phenoxy) is 1. The molecule has 7 rings (SSSR count). The van der Waals surface area contributed by atoms with Gasteiger partial charge in [-0.2, -0.15) is 0 Å². The van der Waals surface area contributed by atoms with Crippen molar-refractivity contribution in [3.05, 3.63) is 124 Å². The molecular formula is C37H26F3NO7. The Morgan fingerprint density at radius 1 is 0.896 bits per heavy atom. The second-order valence-corrected chi connectivity index (χ2v) is 12.3. The third-order valence-corrected chi connectivity index (χ3v) is 9.53. The lowest BCUT2D eigenvalue weighted by molar-refractivity contribution is -0.274. The monoisotopic (exact) mass is 653 g/mol. The van der Waals surface area contributed by atoms with Gasteiger partial charge in [0.25, 0.3) is 0 Å². The zero-order valence-electron chi connectivity index (χ0n) is 25.3. The maximum absolute atomic E-state index is 14.2. The largest absolute Gasteiger partial charge is 0.573 e. The minimum Gasteiger partial charge on any atom is -0.508 e. The Balaban J connectivity index is 1.27. The molecule has 3 aromatic carbocycles. The fraction of sp³-hybridized carbons (Fsp3) is 0.216. The molecule has 1 saturated heterocycles. The zero-order valence-corrected chi connectivity index (χ0v) is 25.3. The molecule has 0 bridgehead atoms. The molecule has 1 aliphatic heterocycles. The highest BCUT2D eigenvalue weighted by Gasteiger charge is 2.57. The molecule has 11 heteroatoms. The van der Waals surface area contributed by atoms with Gasteiger partial charge >= 0.3 is 6.36 Å². The zero-order chi connectivity index (χ0) is 34.1. The summed E-state index contributed by atoms with van der Waals surface area (Å²) in [5, 5.41) is 10.9. The van der Waals surface area contributed by atoms with E-state index in [0.29, 0.717) is 16.7 Å². The number of amides is 2. The van der Waals surface area contributed by atoms with Gasteiger partial charge in [-0.3, -0.25) is 28.9 Å². The van der Waals surface area contributed by atoms with Gasteiger partial charge in [0.2, 0.25) is 11.8 Å². The van der Waals surface area contributed by atoms with E-state index in [0.717, 1.165) is 29.2 Å². The molecule has 0 aromatic heterocycles. The van der Waals surface area contributed by atoms with Crippen LogP contribution in [0.5, 0.6) is 11.5 Å². The number of phenols is 1. The first-order valence-corrected chi connectivity index (χ1v) is 15.2. The van der Waals surface area contributed by atoms with Crippen LogP contribution in [0.15, 0.2) is 107 Å². The number of phenolic OH excluding ortho intramolecular Hbond substituents is 1. The summed E-state index contributed by atoms with van der Waals surface area (Å²) in [5.41, 5.74) is 1.73. The molecule has 3 aromatic rings. The molecule has 1 fully saturated rings. The van der Waals surface area contributed by atoms with Gasteiger partial charge in [-0.1, -0.05) is 42.0 Å². The molecule has 0 saturated carbocycles. The van der Waals surface area contributed by atoms with Crippen molar-refractivity contribution in [1.29, 1.82) is 0 Å². The summed E-state index contributed by atoms with van der Waals surface area (Å²) in [6.45, 7) is 1.47. The number of alkyl halides is 3. The van der Waals surface area contributed by atoms with Gasteiger partial charge in [-0.05, 0) is 74.2 Å². The van der Waals surface area contributed by atoms with Crippen LogP contribution in [0, 0.1) is 17.8 Å². The SMILES string of the molecule is CC1=CC(=O)C2=C(CC3C(=CCC4C(=O)N(c5ccc(C(=O)c6ccccc6)cc5)C(=O)C43)C2c2cc(OC(F)(F)F)ccc2O)C1=O. The van der Waals surface area contributed by atoms with Crippen LogP contribution < -0.4 is 9.64 Å². The first kappa shape index (κ1) is 31.0. The molecule has 0 radical (unpaired) electrons. The molecule has 4 atom stereocenters. The molecule has 4 aliphatic rings. The standard InChI is InChI=1S/C37H26F3NO7/c1-18-15-29(43)32-27(33(18)44)17-25-23(30(32)26-16-22(11-14-28(26)42)48-37(38,39)40)12-13-24-31(25)36(47)41(35(24)46)21-9-7-20(8-10-21)34(45)19-5-3-2-4-6-19/h2-12,14-16,24-25,30-31,42H,13,17H2,1H3. The molecule has 0 spiro atoms. The number of fused-ring (bicyclic) bond motifs is 3. The van der Waals surface area contributed by atoms with Crippen molar-refractivity contribution in [1.82, 2.24) is 0 Å². The molecule has 1 N–H and O–H groups in total. The Labute approximate surface area is 271 Å². The molecule has 48 heavy (non-hydrogen) atoms. The lowest BCUT2D eigenvalue weighted by Crippen LogP contribution is -2.39. The van der Waals surface area contributed by atoms with Gasteiger partial charge in [0.1, 0.15) is 11.5 Å². The van der Waals surface area contributed by atoms with E-state index >= 15 is 0 Å². The highest BCUT2D eigenvalue weighted by atomic mass is 19.4. The second kappa shape index (κ2) is 11.3. The van der Waals surface area contributed by atoms with Crippen LogP contribution in [-0.4, -0.2) is 40.6 Å². The second-order valence-electron chi connectivity index (χ2n) is 12.3. The number of hydrogen-bond donors (Lipinski definition) is 1. The Morgan fingerprint density at radius 3 is 2.27 bits per heavy atom. The molecule has 3 aliphatic carbocycles. The Hall–Kier alpha value is -5.58. The summed E-state index contributed by atoms with van der Waals surface area (Å²) < 4.78 is 43.5. The van der Waals surface area contributed by atoms with E-state index in [4.69, 9.17) is 0 Å². The quantitative estimate of drug-likeness (QED) is 0.152. The van der Waals surface area contributed by atoms with Gasteiger partial charge in [-0.15, -0.1) is 13.2 Å². The number of carbonyl (C=O) groups excluding carboxylic acids is 5. The van der Waals surface area contributed by atoms with Crippen molar-refractivity contribution in [2.75, 3.05) is 4.90 Å². The Kier molecular flexibility index (Phi) is 7.30. The van der Waals surface area contributed by atoms with Gasteiger partial charge in [-0.25, -0.2) is 0 Å². The van der Waals surface area contributed by atoms with Crippen LogP contribution in [0.3, 0.4) is 0 Å². The van der Waals surface area contributed by atoms with Crippen molar-refractivity contribution in [2.45, 2.75) is 32.0 Å². The normalized spacial score (nSPS) is 23.7. The predicted octanol–water partition coefficient (Wildman–Crippen LogP) is 6.16. The first-order valence-electron chi connectivity index (χ1n) is 15.2. The molecule has 242 valence electrons. The molecule has 2 amide bonds. The van der Waals surface area contributed by atoms with E-state index in [1.807, 2.05) is 0 Å². The smallest absolute Gasteiger partial charge is 0.508 e. The van der Waals surface area contributed by atoms with Crippen molar-refractivity contribution in [2.24, 2.45) is 17.8 Å². The summed E-state index contributed by atoms with van der Waals surface area (Å²) in [7, 11) is 0. The number of halogens is 3. The Morgan fingerprint density at radius 2 is 1.58 bits per heavy atom. The minimum absolute atomic E-state index is 0.0123. The van der Waals surface area contributed by atoms with Gasteiger partial charge in [0, 0.05) is 39.3 Å². The van der Waals surface area contributed by atoms with E-state index in [-0.39, 0.29) is 46.6 Å². The molecular weight excluding hydrogens is 627 g/mol. The third kappa shape index (κ3) is 5.06. The predicted molar refractivity (Wildman–Crippen MR) is 165 cm³/mol. The number of allylic oxidation sites excluding steroid dienone is 6. The number of nitrogens with zero attached hydrogens (tertiary/aromatic N) is 1. The van der Waals surface area contributed by atoms with Gasteiger partial charge in [0.05, 0.1) is 17.5 Å². The van der Waals surface area contributed by atoms with E-state index in [2.05, 4.69) is 4.74 Å². The van der Waals surface area contributed by atoms with Crippen LogP contribution in [0.2, 0.25) is 0 Å². The van der Waals surface area contributed by atoms with Crippen molar-refractivity contribution >= 4 is 34.9 Å². The summed E-state index contributed by atoms with van der Waals surface area (Å²) in [5.74, 6) is -7.00. The Bertz CT molecular complexity index is 2030. The number of anilines is 1. The topological polar surface area (TPSA) is 118 Å². The maximum atomic E-state index is 14.2. The number of aromatic hydroxyl groups is 1. The first-order chi connectivity index (χ1) is 22.8. The third-order valence-electron chi connectivity index (χ3n) is 9.53. The number of ketones is 3. The van der Waals surface area contributed by atoms with E-state index in [1.54, 1.807) is 36.4 Å². The fourth-order valence-corrected chi connectivity index (χ4v) is 7.47. The molecule has 4 unspecified atom stereocenters. The summed E-state index contributed by atoms with van der Waals surface area (Å²) in [4.78, 5) is 68.9. The van der Waals surface area contributed by atoms with Crippen LogP contribution in [-0.2, 0) is 19.2 Å². The van der Waals surface area contributed by atoms with E-state index in [9.17, 15) is 42.3 Å². The van der Waals surface area contributed by atoms with E-state index < -0.39 is 64.9 Å². The number of Topliss-reactive ketones (excluding diaryl/α,β-unsaturated/α-hetero) is 1. The lowest BCUT2D eigenvalue weighted by Gasteiger charge is -2.42. The highest BCUT2D eigenvalue weighted by Crippen LogP contribution is 2.56. The molecule has 8 nitrogen and oxygen atoms in total. The molecule has 1 heterocycles. The number of imide groups is 1. The van der Waals surface area contributed by atoms with Crippen LogP contribution in [0.1, 0.15) is 47.2 Å². The van der Waals surface area contributed by atoms with Crippen molar-refractivity contribution in [3.63, 3.8) is 0 Å². The lowest BCUT2D eigenvalue weighted by atomic mass is 9.59. The number of hydrogen-bond acceptors (Lipinski definition) is 7. The van der Waals surface area contributed by atoms with Crippen molar-refractivity contribution in [3.8, 4) is 11.5 Å². The number of carbonyl (C=O) groups is 5. The number of benzene rings is 3. The average molecular weight is 654 g/mol. The van der Waals surface area contributed by atoms with Crippen LogP contribution in [0.25, 0.3) is 0 Å². The maximum Gasteiger partial charge on any atom is 0.573 e. The summed E-state index contributed by atoms with van der Waals surface area (Å²) in [6.07, 6.45) is -2.15. The number of rotatable bonds is 5. The highest BCUT2D eigenvalue weighted by molar-refractivity contribution is 6.25. The van der Waals surface area contributed by atoms with Crippen molar-refractivity contribution < 1.29 is 47.0 Å². The summed E-state index contributed by atoms with van der Waals surface area (Å²) in [6, 6.07) is 17.7. The van der Waals surface area contributed by atoms with E-state index in [1.165, 1.54) is 31.2 Å². The average Bonchev–Trinajstić information content (AvgIpc) is 3.32. The minimum atomic E-state index is -5.03. The van der Waals surface area contributed by atoms with Crippen LogP contribution in [0.4, 0.5) is 18.9 Å². The van der Waals surface area contributed by atoms with Gasteiger partial charge in [0.15, 0.2) is 17.3 Å². The fourth-order valence-electron chi connectivity index (χ4n) is 7.47.